The molecule has 0 saturated carbocycles. The first-order valence-electron chi connectivity index (χ1n) is 5.37. The van der Waals surface area contributed by atoms with Gasteiger partial charge in [0.1, 0.15) is 17.4 Å². The highest BCUT2D eigenvalue weighted by Crippen LogP contribution is 2.36. The van der Waals surface area contributed by atoms with Crippen LogP contribution < -0.4 is 16.0 Å². The molecule has 3 N–H and O–H groups in total. The number of hydrogen-bond acceptors (Lipinski definition) is 6. The van der Waals surface area contributed by atoms with E-state index >= 15 is 0 Å². The molecule has 7 nitrogen and oxygen atoms in total. The molecular formula is C11H7BrClFN4O3. The van der Waals surface area contributed by atoms with Crippen molar-refractivity contribution in [3.8, 4) is 11.6 Å². The number of rotatable bonds is 4. The molecule has 0 amide bonds. The highest BCUT2D eigenvalue weighted by molar-refractivity contribution is 9.10. The molecule has 1 heterocycles. The van der Waals surface area contributed by atoms with Crippen LogP contribution in [0.1, 0.15) is 0 Å². The normalized spacial score (nSPS) is 10.3. The summed E-state index contributed by atoms with van der Waals surface area (Å²) in [6.45, 7) is 0. The van der Waals surface area contributed by atoms with Crippen molar-refractivity contribution in [1.29, 1.82) is 0 Å². The van der Waals surface area contributed by atoms with Crippen molar-refractivity contribution in [2.75, 3.05) is 5.43 Å². The van der Waals surface area contributed by atoms with Crippen molar-refractivity contribution >= 4 is 39.0 Å². The molecule has 0 unspecified atom stereocenters. The second-order valence-corrected chi connectivity index (χ2v) is 4.98. The summed E-state index contributed by atoms with van der Waals surface area (Å²) in [4.78, 5) is 14.1. The van der Waals surface area contributed by atoms with Crippen LogP contribution in [-0.2, 0) is 0 Å². The van der Waals surface area contributed by atoms with Gasteiger partial charge in [-0.2, -0.15) is 4.98 Å². The molecule has 0 aliphatic heterocycles. The SMILES string of the molecule is NNc1ccc([N+](=O)[O-])c(Oc2cc(F)c(Cl)cc2Br)n1. The topological polar surface area (TPSA) is 103 Å². The number of anilines is 1. The number of nitrogen functional groups attached to an aromatic ring is 1. The fraction of sp³-hybridized carbons (Fsp3) is 0. The van der Waals surface area contributed by atoms with Gasteiger partial charge in [-0.25, -0.2) is 10.2 Å². The van der Waals surface area contributed by atoms with Crippen LogP contribution in [0.3, 0.4) is 0 Å². The molecule has 0 bridgehead atoms. The Morgan fingerprint density at radius 3 is 2.81 bits per heavy atom. The number of nitro groups is 1. The van der Waals surface area contributed by atoms with Gasteiger partial charge in [-0.1, -0.05) is 11.6 Å². The Labute approximate surface area is 131 Å². The number of nitrogens with two attached hydrogens (primary N) is 1. The standard InChI is InChI=1S/C11H7BrClFN4O3/c12-5-3-6(13)7(14)4-9(5)21-11-8(18(19)20)1-2-10(16-11)17-15/h1-4H,15H2,(H,16,17). The van der Waals surface area contributed by atoms with Crippen LogP contribution in [0.5, 0.6) is 11.6 Å². The van der Waals surface area contributed by atoms with Gasteiger partial charge in [0.2, 0.25) is 0 Å². The third kappa shape index (κ3) is 3.38. The van der Waals surface area contributed by atoms with Crippen LogP contribution in [0, 0.1) is 15.9 Å². The van der Waals surface area contributed by atoms with Crippen LogP contribution >= 0.6 is 27.5 Å². The molecule has 0 atom stereocenters. The van der Waals surface area contributed by atoms with Gasteiger partial charge in [0.15, 0.2) is 0 Å². The van der Waals surface area contributed by atoms with Crippen molar-refractivity contribution in [3.63, 3.8) is 0 Å². The zero-order valence-corrected chi connectivity index (χ0v) is 12.5. The van der Waals surface area contributed by atoms with Gasteiger partial charge in [-0.05, 0) is 28.1 Å². The first-order chi connectivity index (χ1) is 9.92. The number of pyridine rings is 1. The molecule has 2 rings (SSSR count). The van der Waals surface area contributed by atoms with E-state index in [4.69, 9.17) is 22.2 Å². The Morgan fingerprint density at radius 1 is 1.48 bits per heavy atom. The monoisotopic (exact) mass is 376 g/mol. The number of halogens is 3. The summed E-state index contributed by atoms with van der Waals surface area (Å²) in [7, 11) is 0. The number of ether oxygens (including phenoxy) is 1. The van der Waals surface area contributed by atoms with Crippen LogP contribution in [0.4, 0.5) is 15.9 Å². The second kappa shape index (κ2) is 6.20. The molecule has 0 saturated heterocycles. The molecule has 21 heavy (non-hydrogen) atoms. The maximum Gasteiger partial charge on any atom is 0.331 e. The molecule has 0 spiro atoms. The van der Waals surface area contributed by atoms with Gasteiger partial charge in [0.25, 0.3) is 0 Å². The molecule has 10 heteroatoms. The van der Waals surface area contributed by atoms with E-state index in [2.05, 4.69) is 26.3 Å². The number of hydrogen-bond donors (Lipinski definition) is 2. The molecule has 0 radical (unpaired) electrons. The third-order valence-electron chi connectivity index (χ3n) is 2.37. The lowest BCUT2D eigenvalue weighted by molar-refractivity contribution is -0.386. The van der Waals surface area contributed by atoms with Gasteiger partial charge in [-0.15, -0.1) is 0 Å². The van der Waals surface area contributed by atoms with E-state index in [0.717, 1.165) is 12.1 Å². The average molecular weight is 378 g/mol. The molecule has 0 aliphatic rings. The Balaban J connectivity index is 2.47. The van der Waals surface area contributed by atoms with Crippen LogP contribution in [-0.4, -0.2) is 9.91 Å². The van der Waals surface area contributed by atoms with Gasteiger partial charge in [0.05, 0.1) is 14.4 Å². The molecule has 2 aromatic rings. The number of aromatic nitrogens is 1. The zero-order valence-electron chi connectivity index (χ0n) is 10.1. The summed E-state index contributed by atoms with van der Waals surface area (Å²) in [6.07, 6.45) is 0. The van der Waals surface area contributed by atoms with E-state index in [1.165, 1.54) is 12.1 Å². The minimum Gasteiger partial charge on any atom is -0.432 e. The fourth-order valence-corrected chi connectivity index (χ4v) is 2.13. The molecule has 110 valence electrons. The lowest BCUT2D eigenvalue weighted by atomic mass is 10.3. The van der Waals surface area contributed by atoms with Crippen molar-refractivity contribution in [2.45, 2.75) is 0 Å². The summed E-state index contributed by atoms with van der Waals surface area (Å²) < 4.78 is 19.0. The Morgan fingerprint density at radius 2 is 2.19 bits per heavy atom. The Kier molecular flexibility index (Phi) is 4.56. The van der Waals surface area contributed by atoms with E-state index in [9.17, 15) is 14.5 Å². The van der Waals surface area contributed by atoms with Crippen LogP contribution in [0.2, 0.25) is 5.02 Å². The summed E-state index contributed by atoms with van der Waals surface area (Å²) >= 11 is 8.73. The Hall–Kier alpha value is -1.97. The molecule has 0 aliphatic carbocycles. The smallest absolute Gasteiger partial charge is 0.331 e. The van der Waals surface area contributed by atoms with E-state index in [0.29, 0.717) is 4.47 Å². The minimum atomic E-state index is -0.731. The second-order valence-electron chi connectivity index (χ2n) is 3.72. The minimum absolute atomic E-state index is 0.0123. The maximum absolute atomic E-state index is 13.4. The summed E-state index contributed by atoms with van der Waals surface area (Å²) in [5, 5.41) is 10.8. The molecule has 1 aromatic heterocycles. The predicted octanol–water partition coefficient (Wildman–Crippen LogP) is 3.62. The first kappa shape index (κ1) is 15.4. The van der Waals surface area contributed by atoms with E-state index in [1.807, 2.05) is 0 Å². The third-order valence-corrected chi connectivity index (χ3v) is 3.28. The van der Waals surface area contributed by atoms with Crippen molar-refractivity contribution in [2.24, 2.45) is 5.84 Å². The Bertz CT molecular complexity index is 716. The molecule has 0 fully saturated rings. The lowest BCUT2D eigenvalue weighted by Gasteiger charge is -2.09. The maximum atomic E-state index is 13.4. The van der Waals surface area contributed by atoms with Crippen molar-refractivity contribution in [1.82, 2.24) is 4.98 Å². The number of hydrazine groups is 1. The summed E-state index contributed by atoms with van der Waals surface area (Å²) in [5.74, 6) is 4.26. The van der Waals surface area contributed by atoms with Crippen molar-refractivity contribution in [3.05, 3.63) is 49.7 Å². The van der Waals surface area contributed by atoms with E-state index in [1.54, 1.807) is 0 Å². The van der Waals surface area contributed by atoms with Crippen LogP contribution in [0.15, 0.2) is 28.7 Å². The quantitative estimate of drug-likeness (QED) is 0.365. The molecular weight excluding hydrogens is 371 g/mol. The van der Waals surface area contributed by atoms with Gasteiger partial charge in [-0.3, -0.25) is 10.1 Å². The number of nitrogens with one attached hydrogen (secondary N) is 1. The highest BCUT2D eigenvalue weighted by Gasteiger charge is 2.20. The van der Waals surface area contributed by atoms with Gasteiger partial charge >= 0.3 is 11.6 Å². The van der Waals surface area contributed by atoms with Crippen molar-refractivity contribution < 1.29 is 14.1 Å². The summed E-state index contributed by atoms with van der Waals surface area (Å²) in [6, 6.07) is 4.73. The lowest BCUT2D eigenvalue weighted by Crippen LogP contribution is -2.09. The largest absolute Gasteiger partial charge is 0.432 e. The van der Waals surface area contributed by atoms with E-state index < -0.39 is 16.4 Å². The van der Waals surface area contributed by atoms with Crippen LogP contribution in [0.25, 0.3) is 0 Å². The number of nitrogens with zero attached hydrogens (tertiary/aromatic N) is 2. The zero-order chi connectivity index (χ0) is 15.6. The average Bonchev–Trinajstić information content (AvgIpc) is 2.44. The van der Waals surface area contributed by atoms with Gasteiger partial charge < -0.3 is 10.2 Å². The fourth-order valence-electron chi connectivity index (χ4n) is 1.41. The van der Waals surface area contributed by atoms with E-state index in [-0.39, 0.29) is 22.5 Å². The molecule has 1 aromatic carbocycles. The van der Waals surface area contributed by atoms with Gasteiger partial charge in [0, 0.05) is 12.1 Å². The first-order valence-corrected chi connectivity index (χ1v) is 6.54. The number of benzene rings is 1. The summed E-state index contributed by atoms with van der Waals surface area (Å²) in [5.41, 5.74) is 1.84. The predicted molar refractivity (Wildman–Crippen MR) is 77.9 cm³/mol. The highest BCUT2D eigenvalue weighted by atomic mass is 79.9.